The third-order valence-corrected chi connectivity index (χ3v) is 8.31. The van der Waals surface area contributed by atoms with Crippen LogP contribution in [0.1, 0.15) is 158 Å². The maximum atomic E-state index is 12.5. The highest BCUT2D eigenvalue weighted by molar-refractivity contribution is 5.75. The van der Waals surface area contributed by atoms with Crippen molar-refractivity contribution in [2.45, 2.75) is 158 Å². The molecule has 0 aromatic heterocycles. The quantitative estimate of drug-likeness (QED) is 0.129. The van der Waals surface area contributed by atoms with Gasteiger partial charge in [-0.1, -0.05) is 93.9 Å². The van der Waals surface area contributed by atoms with Gasteiger partial charge < -0.3 is 9.47 Å². The van der Waals surface area contributed by atoms with E-state index in [1.165, 1.54) is 51.4 Å². The number of ether oxygens (including phenoxy) is 2. The Bertz CT molecular complexity index is 578. The molecule has 0 amide bonds. The smallest absolute Gasteiger partial charge is 0.308 e. The third kappa shape index (κ3) is 18.3. The number of hydrogen-bond acceptors (Lipinski definition) is 4. The Balaban J connectivity index is 2.06. The second kappa shape index (κ2) is 18.3. The van der Waals surface area contributed by atoms with E-state index in [0.717, 1.165) is 63.2 Å². The van der Waals surface area contributed by atoms with Crippen molar-refractivity contribution in [3.63, 3.8) is 0 Å². The maximum absolute atomic E-state index is 12.5. The normalized spacial score (nSPS) is 20.1. The molecule has 1 aliphatic carbocycles. The summed E-state index contributed by atoms with van der Waals surface area (Å²) in [6.07, 6.45) is 17.3. The fraction of sp³-hybridized carbons (Fsp3) is 0.941. The summed E-state index contributed by atoms with van der Waals surface area (Å²) in [5, 5.41) is 0. The molecule has 0 aliphatic heterocycles. The molecule has 0 aromatic rings. The average molecular weight is 537 g/mol. The molecular formula is C34H64O4. The predicted molar refractivity (Wildman–Crippen MR) is 160 cm³/mol. The van der Waals surface area contributed by atoms with Crippen molar-refractivity contribution in [2.24, 2.45) is 34.5 Å². The Morgan fingerprint density at radius 3 is 1.21 bits per heavy atom. The topological polar surface area (TPSA) is 52.6 Å². The van der Waals surface area contributed by atoms with E-state index in [0.29, 0.717) is 24.0 Å². The molecule has 38 heavy (non-hydrogen) atoms. The molecular weight excluding hydrogens is 472 g/mol. The SMILES string of the molecule is CC(CCCCOC(=O)C1CCC(C(=O)OCCCCC(C)CCCC(C)(C)C)CC1)CCCC(C)(C)C. The second-order valence-corrected chi connectivity index (χ2v) is 15.0. The fourth-order valence-electron chi connectivity index (χ4n) is 5.59. The lowest BCUT2D eigenvalue weighted by Crippen LogP contribution is -2.28. The molecule has 1 rings (SSSR count). The third-order valence-electron chi connectivity index (χ3n) is 8.31. The minimum Gasteiger partial charge on any atom is -0.465 e. The van der Waals surface area contributed by atoms with E-state index in [4.69, 9.17) is 9.47 Å². The Labute approximate surface area is 236 Å². The van der Waals surface area contributed by atoms with E-state index in [9.17, 15) is 9.59 Å². The van der Waals surface area contributed by atoms with Crippen molar-refractivity contribution in [1.82, 2.24) is 0 Å². The van der Waals surface area contributed by atoms with Gasteiger partial charge in [0, 0.05) is 0 Å². The highest BCUT2D eigenvalue weighted by atomic mass is 16.5. The first-order chi connectivity index (χ1) is 17.8. The van der Waals surface area contributed by atoms with Crippen LogP contribution in [0, 0.1) is 34.5 Å². The maximum Gasteiger partial charge on any atom is 0.308 e. The summed E-state index contributed by atoms with van der Waals surface area (Å²) in [6.45, 7) is 19.6. The van der Waals surface area contributed by atoms with Crippen molar-refractivity contribution in [3.8, 4) is 0 Å². The van der Waals surface area contributed by atoms with Gasteiger partial charge in [-0.2, -0.15) is 0 Å². The van der Waals surface area contributed by atoms with Crippen molar-refractivity contribution in [3.05, 3.63) is 0 Å². The van der Waals surface area contributed by atoms with Crippen LogP contribution in [0.4, 0.5) is 0 Å². The number of unbranched alkanes of at least 4 members (excludes halogenated alkanes) is 2. The summed E-state index contributed by atoms with van der Waals surface area (Å²) in [6, 6.07) is 0. The van der Waals surface area contributed by atoms with Crippen LogP contribution in [-0.2, 0) is 19.1 Å². The van der Waals surface area contributed by atoms with Crippen molar-refractivity contribution < 1.29 is 19.1 Å². The molecule has 0 heterocycles. The summed E-state index contributed by atoms with van der Waals surface area (Å²) < 4.78 is 11.2. The van der Waals surface area contributed by atoms with Crippen molar-refractivity contribution in [2.75, 3.05) is 13.2 Å². The molecule has 2 unspecified atom stereocenters. The molecule has 2 atom stereocenters. The standard InChI is InChI=1S/C34H64O4/c1-27(17-13-23-33(3,4)5)15-9-11-25-37-31(35)29-19-21-30(22-20-29)32(36)38-26-12-10-16-28(2)18-14-24-34(6,7)8/h27-30H,9-26H2,1-8H3. The van der Waals surface area contributed by atoms with Crippen molar-refractivity contribution in [1.29, 1.82) is 0 Å². The molecule has 4 heteroatoms. The summed E-state index contributed by atoms with van der Waals surface area (Å²) in [5.74, 6) is 1.27. The predicted octanol–water partition coefficient (Wildman–Crippen LogP) is 9.92. The van der Waals surface area contributed by atoms with E-state index in [1.807, 2.05) is 0 Å². The summed E-state index contributed by atoms with van der Waals surface area (Å²) in [5.41, 5.74) is 0.856. The van der Waals surface area contributed by atoms with E-state index in [2.05, 4.69) is 55.4 Å². The molecule has 4 nitrogen and oxygen atoms in total. The Morgan fingerprint density at radius 1 is 0.579 bits per heavy atom. The van der Waals surface area contributed by atoms with E-state index < -0.39 is 0 Å². The van der Waals surface area contributed by atoms with Gasteiger partial charge in [0.05, 0.1) is 25.0 Å². The lowest BCUT2D eigenvalue weighted by Gasteiger charge is -2.26. The molecule has 0 saturated heterocycles. The number of rotatable bonds is 18. The molecule has 1 aliphatic rings. The molecule has 0 aromatic carbocycles. The largest absolute Gasteiger partial charge is 0.465 e. The lowest BCUT2D eigenvalue weighted by molar-refractivity contribution is -0.155. The van der Waals surface area contributed by atoms with Gasteiger partial charge in [-0.05, 0) is 86.9 Å². The van der Waals surface area contributed by atoms with Crippen LogP contribution in [0.5, 0.6) is 0 Å². The fourth-order valence-corrected chi connectivity index (χ4v) is 5.59. The van der Waals surface area contributed by atoms with Crippen LogP contribution < -0.4 is 0 Å². The lowest BCUT2D eigenvalue weighted by atomic mass is 9.82. The van der Waals surface area contributed by atoms with Gasteiger partial charge in [-0.3, -0.25) is 9.59 Å². The zero-order valence-corrected chi connectivity index (χ0v) is 26.7. The van der Waals surface area contributed by atoms with Gasteiger partial charge in [0.15, 0.2) is 0 Å². The summed E-state index contributed by atoms with van der Waals surface area (Å²) in [7, 11) is 0. The number of carbonyl (C=O) groups is 2. The average Bonchev–Trinajstić information content (AvgIpc) is 2.81. The van der Waals surface area contributed by atoms with Gasteiger partial charge >= 0.3 is 11.9 Å². The van der Waals surface area contributed by atoms with Crippen LogP contribution in [0.3, 0.4) is 0 Å². The molecule has 1 fully saturated rings. The van der Waals surface area contributed by atoms with Crippen LogP contribution in [-0.4, -0.2) is 25.2 Å². The summed E-state index contributed by atoms with van der Waals surface area (Å²) in [4.78, 5) is 25.0. The van der Waals surface area contributed by atoms with E-state index in [1.54, 1.807) is 0 Å². The number of carbonyl (C=O) groups excluding carboxylic acids is 2. The molecule has 0 radical (unpaired) electrons. The van der Waals surface area contributed by atoms with Crippen LogP contribution >= 0.6 is 0 Å². The summed E-state index contributed by atoms with van der Waals surface area (Å²) >= 11 is 0. The Hall–Kier alpha value is -1.06. The second-order valence-electron chi connectivity index (χ2n) is 15.0. The molecule has 0 bridgehead atoms. The highest BCUT2D eigenvalue weighted by Crippen LogP contribution is 2.31. The molecule has 0 N–H and O–H groups in total. The van der Waals surface area contributed by atoms with Gasteiger partial charge in [0.1, 0.15) is 0 Å². The molecule has 0 spiro atoms. The first-order valence-electron chi connectivity index (χ1n) is 16.1. The highest BCUT2D eigenvalue weighted by Gasteiger charge is 2.31. The first-order valence-corrected chi connectivity index (χ1v) is 16.1. The number of hydrogen-bond donors (Lipinski definition) is 0. The number of esters is 2. The van der Waals surface area contributed by atoms with Gasteiger partial charge in [0.2, 0.25) is 0 Å². The van der Waals surface area contributed by atoms with Crippen LogP contribution in [0.2, 0.25) is 0 Å². The zero-order chi connectivity index (χ0) is 28.6. The van der Waals surface area contributed by atoms with Crippen molar-refractivity contribution >= 4 is 11.9 Å². The van der Waals surface area contributed by atoms with E-state index >= 15 is 0 Å². The van der Waals surface area contributed by atoms with E-state index in [-0.39, 0.29) is 23.8 Å². The van der Waals surface area contributed by atoms with Crippen LogP contribution in [0.25, 0.3) is 0 Å². The van der Waals surface area contributed by atoms with Gasteiger partial charge in [0.25, 0.3) is 0 Å². The minimum atomic E-state index is -0.0633. The monoisotopic (exact) mass is 536 g/mol. The molecule has 224 valence electrons. The van der Waals surface area contributed by atoms with Gasteiger partial charge in [-0.25, -0.2) is 0 Å². The minimum absolute atomic E-state index is 0.0462. The Kier molecular flexibility index (Phi) is 16.9. The zero-order valence-electron chi connectivity index (χ0n) is 26.7. The Morgan fingerprint density at radius 2 is 0.895 bits per heavy atom. The van der Waals surface area contributed by atoms with Gasteiger partial charge in [-0.15, -0.1) is 0 Å². The van der Waals surface area contributed by atoms with Crippen LogP contribution in [0.15, 0.2) is 0 Å². The molecule has 1 saturated carbocycles. The first kappa shape index (κ1) is 35.0.